The summed E-state index contributed by atoms with van der Waals surface area (Å²) in [5, 5.41) is 4.11. The number of hydrogen-bond acceptors (Lipinski definition) is 4. The van der Waals surface area contributed by atoms with E-state index in [4.69, 9.17) is 0 Å². The normalized spacial score (nSPS) is 26.6. The fourth-order valence-electron chi connectivity index (χ4n) is 3.72. The molecule has 26 heavy (non-hydrogen) atoms. The molecule has 1 aliphatic heterocycles. The van der Waals surface area contributed by atoms with Crippen molar-refractivity contribution < 1.29 is 8.42 Å². The molecule has 1 N–H and O–H groups in total. The number of halogens is 1. The minimum atomic E-state index is -3.73. The van der Waals surface area contributed by atoms with Gasteiger partial charge >= 0.3 is 0 Å². The number of pyridine rings is 1. The molecule has 7 heteroatoms. The zero-order valence-electron chi connectivity index (χ0n) is 14.4. The van der Waals surface area contributed by atoms with E-state index in [0.717, 1.165) is 35.0 Å². The Bertz CT molecular complexity index is 1050. The van der Waals surface area contributed by atoms with E-state index in [2.05, 4.69) is 32.3 Å². The van der Waals surface area contributed by atoms with E-state index in [-0.39, 0.29) is 5.92 Å². The van der Waals surface area contributed by atoms with Gasteiger partial charge in [-0.05, 0) is 38.1 Å². The molecule has 2 atom stereocenters. The van der Waals surface area contributed by atoms with Crippen molar-refractivity contribution in [2.75, 3.05) is 13.1 Å². The van der Waals surface area contributed by atoms with E-state index in [1.165, 1.54) is 3.97 Å². The number of aromatic nitrogens is 2. The Morgan fingerprint density at radius 2 is 2.23 bits per heavy atom. The minimum Gasteiger partial charge on any atom is -0.313 e. The van der Waals surface area contributed by atoms with Gasteiger partial charge in [0.1, 0.15) is 4.75 Å². The van der Waals surface area contributed by atoms with Crippen LogP contribution in [0.25, 0.3) is 11.0 Å². The second kappa shape index (κ2) is 6.48. The maximum Gasteiger partial charge on any atom is 0.250 e. The van der Waals surface area contributed by atoms with Crippen molar-refractivity contribution in [1.29, 1.82) is 0 Å². The van der Waals surface area contributed by atoms with Crippen LogP contribution < -0.4 is 5.32 Å². The summed E-state index contributed by atoms with van der Waals surface area (Å²) in [6.07, 6.45) is 11.8. The highest BCUT2D eigenvalue weighted by atomic mass is 79.9. The highest BCUT2D eigenvalue weighted by Crippen LogP contribution is 2.42. The zero-order chi connectivity index (χ0) is 18.4. The molecule has 2 unspecified atom stereocenters. The molecule has 0 saturated carbocycles. The molecule has 0 fully saturated rings. The largest absolute Gasteiger partial charge is 0.313 e. The number of nitrogens with zero attached hydrogens (tertiary/aromatic N) is 2. The van der Waals surface area contributed by atoms with Gasteiger partial charge in [-0.25, -0.2) is 17.4 Å². The molecule has 0 radical (unpaired) electrons. The van der Waals surface area contributed by atoms with Crippen molar-refractivity contribution in [3.05, 3.63) is 65.0 Å². The first-order valence-corrected chi connectivity index (χ1v) is 10.8. The van der Waals surface area contributed by atoms with Crippen molar-refractivity contribution >= 4 is 37.0 Å². The molecule has 0 spiro atoms. The van der Waals surface area contributed by atoms with Crippen LogP contribution in [0.4, 0.5) is 0 Å². The SMILES string of the molecule is CC1(S(=O)(=O)n2ccc3cccnc32)C=CC(Br)=CC1C1=CCNCC1. The van der Waals surface area contributed by atoms with Crippen LogP contribution in [0.15, 0.2) is 65.0 Å². The van der Waals surface area contributed by atoms with E-state index in [0.29, 0.717) is 5.65 Å². The second-order valence-corrected chi connectivity index (χ2v) is 9.95. The quantitative estimate of drug-likeness (QED) is 0.753. The smallest absolute Gasteiger partial charge is 0.250 e. The average molecular weight is 434 g/mol. The lowest BCUT2D eigenvalue weighted by Gasteiger charge is -2.38. The van der Waals surface area contributed by atoms with Crippen LogP contribution in [-0.4, -0.2) is 35.2 Å². The number of hydrogen-bond donors (Lipinski definition) is 1. The molecule has 2 aliphatic rings. The summed E-state index contributed by atoms with van der Waals surface area (Å²) in [6, 6.07) is 5.47. The molecular formula is C19H20BrN3O2S. The van der Waals surface area contributed by atoms with Crippen LogP contribution in [-0.2, 0) is 10.0 Å². The van der Waals surface area contributed by atoms with Gasteiger partial charge in [0.05, 0.1) is 0 Å². The number of allylic oxidation sites excluding steroid dienone is 3. The van der Waals surface area contributed by atoms with E-state index < -0.39 is 14.8 Å². The van der Waals surface area contributed by atoms with E-state index in [1.54, 1.807) is 31.5 Å². The third-order valence-electron chi connectivity index (χ3n) is 5.25. The summed E-state index contributed by atoms with van der Waals surface area (Å²) in [6.45, 7) is 3.43. The van der Waals surface area contributed by atoms with E-state index >= 15 is 0 Å². The van der Waals surface area contributed by atoms with Gasteiger partial charge in [0, 0.05) is 34.7 Å². The molecule has 0 aromatic carbocycles. The van der Waals surface area contributed by atoms with Gasteiger partial charge in [-0.3, -0.25) is 0 Å². The standard InChI is InChI=1S/C19H20BrN3O2S/c1-19(8-4-16(20)13-17(19)14-5-10-21-11-6-14)26(24,25)23-12-7-15-3-2-9-22-18(15)23/h2-5,7-9,12-13,17,21H,6,10-11H2,1H3. The Balaban J connectivity index is 1.87. The second-order valence-electron chi connectivity index (χ2n) is 6.81. The fourth-order valence-corrected chi connectivity index (χ4v) is 5.92. The summed E-state index contributed by atoms with van der Waals surface area (Å²) >= 11 is 3.52. The van der Waals surface area contributed by atoms with Crippen molar-refractivity contribution in [3.63, 3.8) is 0 Å². The Hall–Kier alpha value is -1.70. The first kappa shape index (κ1) is 17.7. The van der Waals surface area contributed by atoms with Crippen molar-refractivity contribution in [2.45, 2.75) is 18.1 Å². The summed E-state index contributed by atoms with van der Waals surface area (Å²) in [4.78, 5) is 4.30. The lowest BCUT2D eigenvalue weighted by Crippen LogP contribution is -2.46. The molecular weight excluding hydrogens is 414 g/mol. The molecule has 5 nitrogen and oxygen atoms in total. The third-order valence-corrected chi connectivity index (χ3v) is 8.09. The highest BCUT2D eigenvalue weighted by molar-refractivity contribution is 9.11. The average Bonchev–Trinajstić information content (AvgIpc) is 3.09. The van der Waals surface area contributed by atoms with Crippen LogP contribution in [0.1, 0.15) is 13.3 Å². The Labute approximate surface area is 161 Å². The number of nitrogens with one attached hydrogen (secondary N) is 1. The number of rotatable bonds is 3. The van der Waals surface area contributed by atoms with Gasteiger partial charge in [-0.1, -0.05) is 45.8 Å². The summed E-state index contributed by atoms with van der Waals surface area (Å²) in [7, 11) is -3.73. The Morgan fingerprint density at radius 3 is 3.00 bits per heavy atom. The number of fused-ring (bicyclic) bond motifs is 1. The van der Waals surface area contributed by atoms with Crippen molar-refractivity contribution in [1.82, 2.24) is 14.3 Å². The maximum atomic E-state index is 13.7. The fraction of sp³-hybridized carbons (Fsp3) is 0.316. The lowest BCUT2D eigenvalue weighted by atomic mass is 9.81. The van der Waals surface area contributed by atoms with E-state index in [1.807, 2.05) is 24.3 Å². The van der Waals surface area contributed by atoms with Crippen LogP contribution in [0.2, 0.25) is 0 Å². The minimum absolute atomic E-state index is 0.227. The van der Waals surface area contributed by atoms with Crippen LogP contribution in [0, 0.1) is 5.92 Å². The molecule has 0 saturated heterocycles. The molecule has 4 rings (SSSR count). The van der Waals surface area contributed by atoms with Crippen LogP contribution in [0.5, 0.6) is 0 Å². The predicted octanol–water partition coefficient (Wildman–Crippen LogP) is 3.36. The van der Waals surface area contributed by atoms with Gasteiger partial charge in [0.15, 0.2) is 5.65 Å². The Kier molecular flexibility index (Phi) is 4.41. The summed E-state index contributed by atoms with van der Waals surface area (Å²) in [5.41, 5.74) is 1.62. The monoisotopic (exact) mass is 433 g/mol. The molecule has 3 heterocycles. The van der Waals surface area contributed by atoms with Gasteiger partial charge in [-0.2, -0.15) is 0 Å². The van der Waals surface area contributed by atoms with Crippen molar-refractivity contribution in [2.24, 2.45) is 5.92 Å². The van der Waals surface area contributed by atoms with Crippen LogP contribution >= 0.6 is 15.9 Å². The topological polar surface area (TPSA) is 64.0 Å². The van der Waals surface area contributed by atoms with Gasteiger partial charge in [-0.15, -0.1) is 0 Å². The molecule has 0 amide bonds. The molecule has 0 bridgehead atoms. The van der Waals surface area contributed by atoms with Crippen LogP contribution in [0.3, 0.4) is 0 Å². The maximum absolute atomic E-state index is 13.7. The van der Waals surface area contributed by atoms with Crippen molar-refractivity contribution in [3.8, 4) is 0 Å². The molecule has 2 aromatic rings. The zero-order valence-corrected chi connectivity index (χ0v) is 16.8. The van der Waals surface area contributed by atoms with Gasteiger partial charge < -0.3 is 5.32 Å². The summed E-state index contributed by atoms with van der Waals surface area (Å²) < 4.78 is 28.6. The molecule has 136 valence electrons. The van der Waals surface area contributed by atoms with Gasteiger partial charge in [0.2, 0.25) is 10.0 Å². The molecule has 1 aliphatic carbocycles. The predicted molar refractivity (Wildman–Crippen MR) is 108 cm³/mol. The lowest BCUT2D eigenvalue weighted by molar-refractivity contribution is 0.502. The van der Waals surface area contributed by atoms with Gasteiger partial charge in [0.25, 0.3) is 0 Å². The first-order chi connectivity index (χ1) is 12.4. The molecule has 2 aromatic heterocycles. The summed E-state index contributed by atoms with van der Waals surface area (Å²) in [5.74, 6) is -0.227. The Morgan fingerprint density at radius 1 is 1.38 bits per heavy atom. The van der Waals surface area contributed by atoms with E-state index in [9.17, 15) is 8.42 Å². The third kappa shape index (κ3) is 2.69. The first-order valence-electron chi connectivity index (χ1n) is 8.57. The highest BCUT2D eigenvalue weighted by Gasteiger charge is 2.47.